The highest BCUT2D eigenvalue weighted by Gasteiger charge is 2.19. The Balaban J connectivity index is 2.07. The molecule has 2 nitrogen and oxygen atoms in total. The number of hydrogen-bond donors (Lipinski definition) is 1. The predicted octanol–water partition coefficient (Wildman–Crippen LogP) is 2.97. The van der Waals surface area contributed by atoms with Crippen molar-refractivity contribution in [3.05, 3.63) is 28.2 Å². The molecule has 0 spiro atoms. The van der Waals surface area contributed by atoms with E-state index in [1.54, 1.807) is 0 Å². The van der Waals surface area contributed by atoms with Gasteiger partial charge in [-0.05, 0) is 24.6 Å². The summed E-state index contributed by atoms with van der Waals surface area (Å²) >= 11 is 5.63. The Hall–Kier alpha value is -0.190. The lowest BCUT2D eigenvalue weighted by Crippen LogP contribution is -2.39. The third kappa shape index (κ3) is 2.93. The second kappa shape index (κ2) is 5.43. The number of rotatable bonds is 2. The van der Waals surface area contributed by atoms with Crippen molar-refractivity contribution in [3.63, 3.8) is 0 Å². The molecule has 1 fully saturated rings. The minimum atomic E-state index is 0.670. The first-order chi connectivity index (χ1) is 7.66. The van der Waals surface area contributed by atoms with E-state index in [0.717, 1.165) is 16.7 Å². The molecule has 0 amide bonds. The van der Waals surface area contributed by atoms with Crippen LogP contribution in [0, 0.1) is 0 Å². The van der Waals surface area contributed by atoms with E-state index in [4.69, 9.17) is 5.73 Å². The molecule has 1 unspecified atom stereocenters. The van der Waals surface area contributed by atoms with Crippen molar-refractivity contribution in [1.29, 1.82) is 0 Å². The minimum Gasteiger partial charge on any atom is -0.399 e. The summed E-state index contributed by atoms with van der Waals surface area (Å²) in [5.74, 6) is 2.49. The maximum absolute atomic E-state index is 5.74. The van der Waals surface area contributed by atoms with Crippen LogP contribution in [0.5, 0.6) is 0 Å². The van der Waals surface area contributed by atoms with Crippen LogP contribution < -0.4 is 5.73 Å². The molecule has 2 N–H and O–H groups in total. The fourth-order valence-corrected chi connectivity index (χ4v) is 3.51. The average molecular weight is 301 g/mol. The lowest BCUT2D eigenvalue weighted by molar-refractivity contribution is 0.223. The Kier molecular flexibility index (Phi) is 4.16. The van der Waals surface area contributed by atoms with Gasteiger partial charge in [0.2, 0.25) is 0 Å². The summed E-state index contributed by atoms with van der Waals surface area (Å²) in [5.41, 5.74) is 7.89. The summed E-state index contributed by atoms with van der Waals surface area (Å²) in [6.07, 6.45) is 0. The number of thioether (sulfide) groups is 1. The molecule has 4 heteroatoms. The summed E-state index contributed by atoms with van der Waals surface area (Å²) in [6.45, 7) is 4.50. The summed E-state index contributed by atoms with van der Waals surface area (Å²) < 4.78 is 1.12. The normalized spacial score (nSPS) is 22.2. The lowest BCUT2D eigenvalue weighted by Gasteiger charge is -2.33. The van der Waals surface area contributed by atoms with Crippen LogP contribution >= 0.6 is 27.7 Å². The van der Waals surface area contributed by atoms with E-state index in [1.807, 2.05) is 12.1 Å². The molecule has 1 aromatic carbocycles. The Morgan fingerprint density at radius 1 is 1.56 bits per heavy atom. The molecule has 0 saturated carbocycles. The van der Waals surface area contributed by atoms with E-state index in [9.17, 15) is 0 Å². The van der Waals surface area contributed by atoms with Crippen molar-refractivity contribution < 1.29 is 0 Å². The van der Waals surface area contributed by atoms with E-state index in [-0.39, 0.29) is 0 Å². The molecule has 1 saturated heterocycles. The Bertz CT molecular complexity index is 370. The zero-order valence-electron chi connectivity index (χ0n) is 9.45. The monoisotopic (exact) mass is 300 g/mol. The smallest absolute Gasteiger partial charge is 0.0325 e. The molecule has 0 bridgehead atoms. The second-order valence-electron chi connectivity index (χ2n) is 4.25. The van der Waals surface area contributed by atoms with Gasteiger partial charge < -0.3 is 5.73 Å². The highest BCUT2D eigenvalue weighted by molar-refractivity contribution is 9.10. The van der Waals surface area contributed by atoms with E-state index in [1.165, 1.54) is 23.6 Å². The molecular weight excluding hydrogens is 284 g/mol. The van der Waals surface area contributed by atoms with Gasteiger partial charge in [0.1, 0.15) is 0 Å². The van der Waals surface area contributed by atoms with Crippen LogP contribution in [0.1, 0.15) is 12.5 Å². The number of anilines is 1. The van der Waals surface area contributed by atoms with Gasteiger partial charge in [-0.1, -0.05) is 22.0 Å². The summed E-state index contributed by atoms with van der Waals surface area (Å²) in [4.78, 5) is 2.53. The third-order valence-corrected chi connectivity index (χ3v) is 4.88. The van der Waals surface area contributed by atoms with Crippen molar-refractivity contribution >= 4 is 33.4 Å². The fourth-order valence-electron chi connectivity index (χ4n) is 1.91. The number of nitrogens with two attached hydrogens (primary N) is 1. The van der Waals surface area contributed by atoms with E-state index >= 15 is 0 Å². The van der Waals surface area contributed by atoms with Gasteiger partial charge in [-0.15, -0.1) is 0 Å². The predicted molar refractivity (Wildman–Crippen MR) is 75.8 cm³/mol. The van der Waals surface area contributed by atoms with Gasteiger partial charge in [0.25, 0.3) is 0 Å². The number of halogens is 1. The molecule has 1 heterocycles. The maximum Gasteiger partial charge on any atom is 0.0325 e. The van der Waals surface area contributed by atoms with Gasteiger partial charge in [0.05, 0.1) is 0 Å². The molecule has 0 radical (unpaired) electrons. The first-order valence-corrected chi connectivity index (χ1v) is 7.47. The summed E-state index contributed by atoms with van der Waals surface area (Å²) in [5, 5.41) is 0. The van der Waals surface area contributed by atoms with Crippen LogP contribution in [-0.4, -0.2) is 29.0 Å². The molecule has 0 aliphatic carbocycles. The van der Waals surface area contributed by atoms with Crippen LogP contribution in [0.25, 0.3) is 0 Å². The highest BCUT2D eigenvalue weighted by Crippen LogP contribution is 2.24. The lowest BCUT2D eigenvalue weighted by atomic mass is 10.1. The van der Waals surface area contributed by atoms with Crippen molar-refractivity contribution in [2.24, 2.45) is 0 Å². The standard InChI is InChI=1S/C12H17BrN2S/c1-9-8-16-5-4-15(9)7-10-2-3-11(14)6-12(10)13/h2-3,6,9H,4-5,7-8,14H2,1H3. The topological polar surface area (TPSA) is 29.3 Å². The summed E-state index contributed by atoms with van der Waals surface area (Å²) in [7, 11) is 0. The molecule has 1 aromatic rings. The Morgan fingerprint density at radius 3 is 3.06 bits per heavy atom. The SMILES string of the molecule is CC1CSCCN1Cc1ccc(N)cc1Br. The van der Waals surface area contributed by atoms with Gasteiger partial charge in [-0.25, -0.2) is 0 Å². The van der Waals surface area contributed by atoms with E-state index in [2.05, 4.69) is 45.6 Å². The van der Waals surface area contributed by atoms with Gasteiger partial charge in [0.15, 0.2) is 0 Å². The van der Waals surface area contributed by atoms with Crippen molar-refractivity contribution in [3.8, 4) is 0 Å². The first kappa shape index (κ1) is 12.3. The van der Waals surface area contributed by atoms with Crippen molar-refractivity contribution in [2.45, 2.75) is 19.5 Å². The summed E-state index contributed by atoms with van der Waals surface area (Å²) in [6, 6.07) is 6.75. The molecular formula is C12H17BrN2S. The number of hydrogen-bond acceptors (Lipinski definition) is 3. The van der Waals surface area contributed by atoms with Crippen LogP contribution in [0.15, 0.2) is 22.7 Å². The Morgan fingerprint density at radius 2 is 2.38 bits per heavy atom. The zero-order chi connectivity index (χ0) is 11.5. The second-order valence-corrected chi connectivity index (χ2v) is 6.25. The van der Waals surface area contributed by atoms with E-state index in [0.29, 0.717) is 6.04 Å². The van der Waals surface area contributed by atoms with Crippen molar-refractivity contribution in [1.82, 2.24) is 4.90 Å². The highest BCUT2D eigenvalue weighted by atomic mass is 79.9. The van der Waals surface area contributed by atoms with Crippen LogP contribution in [0.4, 0.5) is 5.69 Å². The quantitative estimate of drug-likeness (QED) is 0.852. The third-order valence-electron chi connectivity index (χ3n) is 2.96. The van der Waals surface area contributed by atoms with E-state index < -0.39 is 0 Å². The Labute approximate surface area is 110 Å². The van der Waals surface area contributed by atoms with Gasteiger partial charge in [0, 0.05) is 40.8 Å². The van der Waals surface area contributed by atoms with Crippen LogP contribution in [-0.2, 0) is 6.54 Å². The molecule has 1 atom stereocenters. The largest absolute Gasteiger partial charge is 0.399 e. The molecule has 1 aliphatic rings. The maximum atomic E-state index is 5.74. The molecule has 0 aromatic heterocycles. The van der Waals surface area contributed by atoms with Gasteiger partial charge >= 0.3 is 0 Å². The van der Waals surface area contributed by atoms with Crippen LogP contribution in [0.3, 0.4) is 0 Å². The average Bonchev–Trinajstić information content (AvgIpc) is 2.25. The number of nitrogen functional groups attached to an aromatic ring is 1. The first-order valence-electron chi connectivity index (χ1n) is 5.52. The van der Waals surface area contributed by atoms with Gasteiger partial charge in [-0.2, -0.15) is 11.8 Å². The fraction of sp³-hybridized carbons (Fsp3) is 0.500. The number of benzene rings is 1. The molecule has 2 rings (SSSR count). The van der Waals surface area contributed by atoms with Crippen LogP contribution in [0.2, 0.25) is 0 Å². The molecule has 16 heavy (non-hydrogen) atoms. The zero-order valence-corrected chi connectivity index (χ0v) is 11.9. The van der Waals surface area contributed by atoms with Crippen molar-refractivity contribution in [2.75, 3.05) is 23.8 Å². The van der Waals surface area contributed by atoms with Gasteiger partial charge in [-0.3, -0.25) is 4.90 Å². The molecule has 88 valence electrons. The number of nitrogens with zero attached hydrogens (tertiary/aromatic N) is 1. The molecule has 1 aliphatic heterocycles. The minimum absolute atomic E-state index is 0.670.